The van der Waals surface area contributed by atoms with E-state index in [1.165, 1.54) is 7.11 Å². The molecule has 2 aromatic carbocycles. The minimum absolute atomic E-state index is 0.172. The van der Waals surface area contributed by atoms with Gasteiger partial charge in [-0.25, -0.2) is 9.78 Å². The van der Waals surface area contributed by atoms with Crippen LogP contribution in [-0.2, 0) is 20.7 Å². The molecule has 1 heterocycles. The summed E-state index contributed by atoms with van der Waals surface area (Å²) in [5, 5.41) is 5.97. The van der Waals surface area contributed by atoms with Crippen molar-refractivity contribution in [2.75, 3.05) is 24.7 Å². The first kappa shape index (κ1) is 27.0. The SMILES string of the molecule is COC(=O)[C@H](Cc1ccccc1)NC(=O)[C@@H](C)Oc1nc(-c2ccccc2)ccc1NCC(N)CS. The number of hydrogen-bond acceptors (Lipinski definition) is 8. The van der Waals surface area contributed by atoms with Crippen LogP contribution in [0.5, 0.6) is 5.88 Å². The molecule has 0 aliphatic rings. The molecule has 36 heavy (non-hydrogen) atoms. The van der Waals surface area contributed by atoms with Gasteiger partial charge in [0.2, 0.25) is 5.88 Å². The van der Waals surface area contributed by atoms with Crippen LogP contribution in [0.4, 0.5) is 5.69 Å². The van der Waals surface area contributed by atoms with Gasteiger partial charge >= 0.3 is 5.97 Å². The highest BCUT2D eigenvalue weighted by Crippen LogP contribution is 2.28. The molecule has 1 aromatic heterocycles. The fraction of sp³-hybridized carbons (Fsp3) is 0.296. The predicted octanol–water partition coefficient (Wildman–Crippen LogP) is 3.09. The summed E-state index contributed by atoms with van der Waals surface area (Å²) in [7, 11) is 1.29. The number of anilines is 1. The normalized spacial score (nSPS) is 13.2. The number of aromatic nitrogens is 1. The number of carbonyl (C=O) groups excluding carboxylic acids is 2. The number of esters is 1. The summed E-state index contributed by atoms with van der Waals surface area (Å²) >= 11 is 4.22. The Balaban J connectivity index is 1.78. The summed E-state index contributed by atoms with van der Waals surface area (Å²) in [6, 6.07) is 21.7. The van der Waals surface area contributed by atoms with Crippen LogP contribution in [0.1, 0.15) is 12.5 Å². The van der Waals surface area contributed by atoms with Gasteiger partial charge in [0, 0.05) is 30.3 Å². The number of nitrogens with one attached hydrogen (secondary N) is 2. The van der Waals surface area contributed by atoms with Gasteiger partial charge in [0.05, 0.1) is 18.5 Å². The summed E-state index contributed by atoms with van der Waals surface area (Å²) < 4.78 is 10.9. The lowest BCUT2D eigenvalue weighted by Gasteiger charge is -2.21. The summed E-state index contributed by atoms with van der Waals surface area (Å²) in [5.74, 6) is -0.241. The zero-order valence-electron chi connectivity index (χ0n) is 20.4. The summed E-state index contributed by atoms with van der Waals surface area (Å²) in [4.78, 5) is 30.0. The highest BCUT2D eigenvalue weighted by atomic mass is 32.1. The summed E-state index contributed by atoms with van der Waals surface area (Å²) in [6.07, 6.45) is -0.646. The molecule has 0 fully saturated rings. The largest absolute Gasteiger partial charge is 0.467 e. The average molecular weight is 509 g/mol. The minimum Gasteiger partial charge on any atom is -0.467 e. The van der Waals surface area contributed by atoms with Crippen LogP contribution < -0.4 is 21.1 Å². The number of nitrogens with two attached hydrogens (primary N) is 1. The van der Waals surface area contributed by atoms with E-state index in [2.05, 4.69) is 28.2 Å². The Bertz CT molecular complexity index is 1130. The molecule has 9 heteroatoms. The van der Waals surface area contributed by atoms with Crippen LogP contribution >= 0.6 is 12.6 Å². The average Bonchev–Trinajstić information content (AvgIpc) is 2.92. The first-order chi connectivity index (χ1) is 17.4. The van der Waals surface area contributed by atoms with Crippen LogP contribution in [0.25, 0.3) is 11.3 Å². The quantitative estimate of drug-likeness (QED) is 0.220. The van der Waals surface area contributed by atoms with Crippen molar-refractivity contribution < 1.29 is 19.1 Å². The molecule has 0 aliphatic heterocycles. The highest BCUT2D eigenvalue weighted by Gasteiger charge is 2.26. The number of nitrogens with zero attached hydrogens (tertiary/aromatic N) is 1. The van der Waals surface area contributed by atoms with Gasteiger partial charge in [0.1, 0.15) is 6.04 Å². The van der Waals surface area contributed by atoms with E-state index in [4.69, 9.17) is 15.2 Å². The number of benzene rings is 2. The molecule has 4 N–H and O–H groups in total. The Morgan fingerprint density at radius 1 is 1.03 bits per heavy atom. The van der Waals surface area contributed by atoms with E-state index in [9.17, 15) is 9.59 Å². The van der Waals surface area contributed by atoms with Gasteiger partial charge in [0.15, 0.2) is 6.10 Å². The molecule has 190 valence electrons. The number of pyridine rings is 1. The van der Waals surface area contributed by atoms with Gasteiger partial charge in [0.25, 0.3) is 5.91 Å². The molecule has 3 rings (SSSR count). The molecular weight excluding hydrogens is 476 g/mol. The van der Waals surface area contributed by atoms with Crippen LogP contribution in [0.15, 0.2) is 72.8 Å². The van der Waals surface area contributed by atoms with Crippen molar-refractivity contribution in [3.8, 4) is 17.1 Å². The zero-order valence-corrected chi connectivity index (χ0v) is 21.3. The van der Waals surface area contributed by atoms with E-state index in [0.717, 1.165) is 11.1 Å². The van der Waals surface area contributed by atoms with Crippen molar-refractivity contribution in [1.82, 2.24) is 10.3 Å². The van der Waals surface area contributed by atoms with Gasteiger partial charge in [-0.15, -0.1) is 0 Å². The third-order valence-corrected chi connectivity index (χ3v) is 5.93. The first-order valence-electron chi connectivity index (χ1n) is 11.7. The Hall–Kier alpha value is -3.56. The van der Waals surface area contributed by atoms with E-state index in [1.54, 1.807) is 6.92 Å². The standard InChI is InChI=1S/C27H32N4O4S/c1-18(25(32)30-24(27(33)34-2)15-19-9-5-3-6-10-19)35-26-23(29-16-21(28)17-36)14-13-22(31-26)20-11-7-4-8-12-20/h3-14,18,21,24,29,36H,15-17,28H2,1-2H3,(H,30,32)/t18-,21?,24+/m1/s1. The van der Waals surface area contributed by atoms with Crippen LogP contribution in [0.2, 0.25) is 0 Å². The summed E-state index contributed by atoms with van der Waals surface area (Å²) in [5.41, 5.74) is 9.09. The van der Waals surface area contributed by atoms with Crippen LogP contribution in [0, 0.1) is 0 Å². The van der Waals surface area contributed by atoms with E-state index >= 15 is 0 Å². The fourth-order valence-corrected chi connectivity index (χ4v) is 3.56. The third-order valence-electron chi connectivity index (χ3n) is 5.46. The van der Waals surface area contributed by atoms with E-state index in [1.807, 2.05) is 72.8 Å². The number of hydrogen-bond donors (Lipinski definition) is 4. The molecule has 0 saturated heterocycles. The number of rotatable bonds is 12. The molecule has 3 atom stereocenters. The molecule has 1 unspecified atom stereocenters. The van der Waals surface area contributed by atoms with Crippen molar-refractivity contribution in [2.45, 2.75) is 31.5 Å². The molecule has 8 nitrogen and oxygen atoms in total. The maximum atomic E-state index is 13.0. The predicted molar refractivity (Wildman–Crippen MR) is 144 cm³/mol. The smallest absolute Gasteiger partial charge is 0.328 e. The summed E-state index contributed by atoms with van der Waals surface area (Å²) in [6.45, 7) is 2.06. The fourth-order valence-electron chi connectivity index (χ4n) is 3.44. The topological polar surface area (TPSA) is 116 Å². The van der Waals surface area contributed by atoms with Gasteiger partial charge in [-0.05, 0) is 24.6 Å². The second-order valence-corrected chi connectivity index (χ2v) is 8.64. The molecule has 0 bridgehead atoms. The maximum absolute atomic E-state index is 13.0. The molecule has 0 spiro atoms. The van der Waals surface area contributed by atoms with Crippen LogP contribution in [-0.4, -0.2) is 54.5 Å². The third kappa shape index (κ3) is 7.73. The zero-order chi connectivity index (χ0) is 25.9. The second-order valence-electron chi connectivity index (χ2n) is 8.27. The monoisotopic (exact) mass is 508 g/mol. The minimum atomic E-state index is -0.939. The Kier molecular flexibility index (Phi) is 10.1. The molecule has 0 aliphatic carbocycles. The number of methoxy groups -OCH3 is 1. The molecular formula is C27H32N4O4S. The van der Waals surface area contributed by atoms with Crippen molar-refractivity contribution >= 4 is 30.2 Å². The van der Waals surface area contributed by atoms with Crippen molar-refractivity contribution in [3.63, 3.8) is 0 Å². The lowest BCUT2D eigenvalue weighted by molar-refractivity contribution is -0.145. The van der Waals surface area contributed by atoms with Crippen molar-refractivity contribution in [3.05, 3.63) is 78.4 Å². The Labute approximate surface area is 217 Å². The maximum Gasteiger partial charge on any atom is 0.328 e. The molecule has 0 radical (unpaired) electrons. The second kappa shape index (κ2) is 13.5. The van der Waals surface area contributed by atoms with Gasteiger partial charge in [-0.2, -0.15) is 12.6 Å². The molecule has 3 aromatic rings. The molecule has 1 amide bonds. The van der Waals surface area contributed by atoms with E-state index in [0.29, 0.717) is 30.1 Å². The first-order valence-corrected chi connectivity index (χ1v) is 12.3. The van der Waals surface area contributed by atoms with Gasteiger partial charge in [-0.1, -0.05) is 60.7 Å². The Morgan fingerprint density at radius 2 is 1.69 bits per heavy atom. The highest BCUT2D eigenvalue weighted by molar-refractivity contribution is 7.80. The van der Waals surface area contributed by atoms with Crippen molar-refractivity contribution in [2.24, 2.45) is 5.73 Å². The number of carbonyl (C=O) groups is 2. The van der Waals surface area contributed by atoms with Gasteiger partial charge < -0.3 is 25.8 Å². The number of ether oxygens (including phenoxy) is 2. The van der Waals surface area contributed by atoms with Gasteiger partial charge in [-0.3, -0.25) is 4.79 Å². The number of thiol groups is 1. The lowest BCUT2D eigenvalue weighted by Crippen LogP contribution is -2.47. The Morgan fingerprint density at radius 3 is 2.33 bits per heavy atom. The lowest BCUT2D eigenvalue weighted by atomic mass is 10.1. The van der Waals surface area contributed by atoms with E-state index < -0.39 is 24.0 Å². The molecule has 0 saturated carbocycles. The van der Waals surface area contributed by atoms with E-state index in [-0.39, 0.29) is 11.9 Å². The van der Waals surface area contributed by atoms with Crippen molar-refractivity contribution in [1.29, 1.82) is 0 Å². The number of amides is 1. The van der Waals surface area contributed by atoms with Crippen LogP contribution in [0.3, 0.4) is 0 Å².